The van der Waals surface area contributed by atoms with E-state index in [2.05, 4.69) is 0 Å². The van der Waals surface area contributed by atoms with E-state index in [-0.39, 0.29) is 6.10 Å². The lowest BCUT2D eigenvalue weighted by Gasteiger charge is -2.31. The SMILES string of the molecule is OC1CCC1c1sccc1Cl. The first-order valence-electron chi connectivity index (χ1n) is 3.70. The summed E-state index contributed by atoms with van der Waals surface area (Å²) in [7, 11) is 0. The third-order valence-corrected chi connectivity index (χ3v) is 3.71. The van der Waals surface area contributed by atoms with Crippen LogP contribution >= 0.6 is 22.9 Å². The lowest BCUT2D eigenvalue weighted by atomic mass is 9.81. The van der Waals surface area contributed by atoms with E-state index in [0.717, 1.165) is 22.7 Å². The number of aliphatic hydroxyl groups excluding tert-OH is 1. The molecule has 3 heteroatoms. The molecule has 0 bridgehead atoms. The molecule has 0 aliphatic heterocycles. The van der Waals surface area contributed by atoms with Crippen LogP contribution in [-0.4, -0.2) is 11.2 Å². The van der Waals surface area contributed by atoms with E-state index in [1.54, 1.807) is 11.3 Å². The Kier molecular flexibility index (Phi) is 1.91. The van der Waals surface area contributed by atoms with Gasteiger partial charge in [0.25, 0.3) is 0 Å². The first-order chi connectivity index (χ1) is 5.29. The molecule has 60 valence electrons. The van der Waals surface area contributed by atoms with Gasteiger partial charge in [0.15, 0.2) is 0 Å². The standard InChI is InChI=1S/C8H9ClOS/c9-6-3-4-11-8(6)5-1-2-7(5)10/h3-5,7,10H,1-2H2. The fourth-order valence-electron chi connectivity index (χ4n) is 1.36. The fraction of sp³-hybridized carbons (Fsp3) is 0.500. The van der Waals surface area contributed by atoms with Crippen molar-refractivity contribution in [2.45, 2.75) is 24.9 Å². The van der Waals surface area contributed by atoms with Gasteiger partial charge < -0.3 is 5.11 Å². The minimum absolute atomic E-state index is 0.147. The summed E-state index contributed by atoms with van der Waals surface area (Å²) in [6.45, 7) is 0. The summed E-state index contributed by atoms with van der Waals surface area (Å²) < 4.78 is 0. The quantitative estimate of drug-likeness (QED) is 0.719. The van der Waals surface area contributed by atoms with Gasteiger partial charge in [-0.2, -0.15) is 0 Å². The molecule has 2 unspecified atom stereocenters. The van der Waals surface area contributed by atoms with Gasteiger partial charge in [0.1, 0.15) is 0 Å². The molecule has 0 amide bonds. The van der Waals surface area contributed by atoms with Crippen LogP contribution in [0.2, 0.25) is 5.02 Å². The minimum atomic E-state index is -0.147. The van der Waals surface area contributed by atoms with Crippen molar-refractivity contribution < 1.29 is 5.11 Å². The second-order valence-electron chi connectivity index (χ2n) is 2.88. The number of rotatable bonds is 1. The largest absolute Gasteiger partial charge is 0.392 e. The molecule has 1 aromatic rings. The van der Waals surface area contributed by atoms with Crippen LogP contribution in [-0.2, 0) is 0 Å². The Hall–Kier alpha value is -0.0500. The lowest BCUT2D eigenvalue weighted by molar-refractivity contribution is 0.0677. The van der Waals surface area contributed by atoms with Crippen LogP contribution in [0.25, 0.3) is 0 Å². The van der Waals surface area contributed by atoms with Crippen molar-refractivity contribution in [1.29, 1.82) is 0 Å². The number of thiophene rings is 1. The van der Waals surface area contributed by atoms with Gasteiger partial charge in [0.05, 0.1) is 11.1 Å². The predicted molar refractivity (Wildman–Crippen MR) is 47.3 cm³/mol. The number of halogens is 1. The number of hydrogen-bond acceptors (Lipinski definition) is 2. The van der Waals surface area contributed by atoms with Crippen LogP contribution in [0.4, 0.5) is 0 Å². The van der Waals surface area contributed by atoms with Crippen molar-refractivity contribution in [2.24, 2.45) is 0 Å². The molecule has 2 atom stereocenters. The molecule has 1 aliphatic rings. The smallest absolute Gasteiger partial charge is 0.0617 e. The van der Waals surface area contributed by atoms with E-state index in [4.69, 9.17) is 11.6 Å². The first kappa shape index (κ1) is 7.59. The van der Waals surface area contributed by atoms with Crippen LogP contribution < -0.4 is 0 Å². The lowest BCUT2D eigenvalue weighted by Crippen LogP contribution is -2.28. The van der Waals surface area contributed by atoms with Gasteiger partial charge in [-0.3, -0.25) is 0 Å². The second-order valence-corrected chi connectivity index (χ2v) is 4.24. The summed E-state index contributed by atoms with van der Waals surface area (Å²) in [5, 5.41) is 12.1. The molecule has 1 nitrogen and oxygen atoms in total. The Morgan fingerprint density at radius 1 is 1.55 bits per heavy atom. The molecule has 1 N–H and O–H groups in total. The summed E-state index contributed by atoms with van der Waals surface area (Å²) in [6, 6.07) is 1.90. The molecule has 1 saturated carbocycles. The van der Waals surface area contributed by atoms with E-state index < -0.39 is 0 Å². The Morgan fingerprint density at radius 3 is 2.73 bits per heavy atom. The zero-order valence-electron chi connectivity index (χ0n) is 5.96. The van der Waals surface area contributed by atoms with Crippen LogP contribution in [0, 0.1) is 0 Å². The Labute approximate surface area is 74.6 Å². The highest BCUT2D eigenvalue weighted by Crippen LogP contribution is 2.42. The Balaban J connectivity index is 2.22. The van der Waals surface area contributed by atoms with E-state index in [1.165, 1.54) is 0 Å². The first-order valence-corrected chi connectivity index (χ1v) is 4.96. The zero-order valence-corrected chi connectivity index (χ0v) is 7.53. The molecule has 0 aromatic carbocycles. The zero-order chi connectivity index (χ0) is 7.84. The number of aliphatic hydroxyl groups is 1. The normalized spacial score (nSPS) is 30.0. The van der Waals surface area contributed by atoms with Gasteiger partial charge >= 0.3 is 0 Å². The van der Waals surface area contributed by atoms with Crippen molar-refractivity contribution in [3.8, 4) is 0 Å². The van der Waals surface area contributed by atoms with Gasteiger partial charge in [0.2, 0.25) is 0 Å². The maximum absolute atomic E-state index is 9.35. The maximum Gasteiger partial charge on any atom is 0.0617 e. The molecular formula is C8H9ClOS. The van der Waals surface area contributed by atoms with Crippen molar-refractivity contribution in [3.63, 3.8) is 0 Å². The molecule has 0 radical (unpaired) electrons. The molecule has 0 saturated heterocycles. The predicted octanol–water partition coefficient (Wildman–Crippen LogP) is 2.64. The van der Waals surface area contributed by atoms with Crippen molar-refractivity contribution >= 4 is 22.9 Å². The van der Waals surface area contributed by atoms with Gasteiger partial charge in [-0.05, 0) is 24.3 Å². The Morgan fingerprint density at radius 2 is 2.36 bits per heavy atom. The van der Waals surface area contributed by atoms with Crippen LogP contribution in [0.15, 0.2) is 11.4 Å². The minimum Gasteiger partial charge on any atom is -0.392 e. The third-order valence-electron chi connectivity index (χ3n) is 2.22. The average molecular weight is 189 g/mol. The van der Waals surface area contributed by atoms with Crippen molar-refractivity contribution in [3.05, 3.63) is 21.3 Å². The van der Waals surface area contributed by atoms with Gasteiger partial charge in [-0.15, -0.1) is 11.3 Å². The molecule has 11 heavy (non-hydrogen) atoms. The van der Waals surface area contributed by atoms with Crippen LogP contribution in [0.5, 0.6) is 0 Å². The molecule has 0 spiro atoms. The topological polar surface area (TPSA) is 20.2 Å². The van der Waals surface area contributed by atoms with Gasteiger partial charge in [-0.25, -0.2) is 0 Å². The van der Waals surface area contributed by atoms with Gasteiger partial charge in [-0.1, -0.05) is 11.6 Å². The van der Waals surface area contributed by atoms with Crippen molar-refractivity contribution in [2.75, 3.05) is 0 Å². The number of hydrogen-bond donors (Lipinski definition) is 1. The molecular weight excluding hydrogens is 180 g/mol. The highest BCUT2D eigenvalue weighted by Gasteiger charge is 2.32. The van der Waals surface area contributed by atoms with Crippen molar-refractivity contribution in [1.82, 2.24) is 0 Å². The molecule has 1 fully saturated rings. The van der Waals surface area contributed by atoms with Gasteiger partial charge in [0, 0.05) is 10.8 Å². The Bertz CT molecular complexity index is 258. The van der Waals surface area contributed by atoms with Crippen LogP contribution in [0.1, 0.15) is 23.6 Å². The summed E-state index contributed by atoms with van der Waals surface area (Å²) in [5.74, 6) is 0.322. The highest BCUT2D eigenvalue weighted by atomic mass is 35.5. The summed E-state index contributed by atoms with van der Waals surface area (Å²) in [4.78, 5) is 1.16. The summed E-state index contributed by atoms with van der Waals surface area (Å²) in [6.07, 6.45) is 1.87. The monoisotopic (exact) mass is 188 g/mol. The average Bonchev–Trinajstić information content (AvgIpc) is 2.34. The summed E-state index contributed by atoms with van der Waals surface area (Å²) >= 11 is 7.56. The van der Waals surface area contributed by atoms with E-state index in [9.17, 15) is 5.11 Å². The van der Waals surface area contributed by atoms with E-state index in [0.29, 0.717) is 5.92 Å². The maximum atomic E-state index is 9.35. The van der Waals surface area contributed by atoms with E-state index in [1.807, 2.05) is 11.4 Å². The van der Waals surface area contributed by atoms with Crippen LogP contribution in [0.3, 0.4) is 0 Å². The molecule has 1 aliphatic carbocycles. The molecule has 2 rings (SSSR count). The third kappa shape index (κ3) is 1.19. The molecule has 1 heterocycles. The highest BCUT2D eigenvalue weighted by molar-refractivity contribution is 7.10. The van der Waals surface area contributed by atoms with E-state index >= 15 is 0 Å². The second kappa shape index (κ2) is 2.77. The summed E-state index contributed by atoms with van der Waals surface area (Å²) in [5.41, 5.74) is 0. The molecule has 1 aromatic heterocycles. The fourth-order valence-corrected chi connectivity index (χ4v) is 2.75.